The maximum absolute atomic E-state index is 12.4. The number of carbonyl (C=O) groups is 2. The molecule has 1 saturated heterocycles. The Balaban J connectivity index is 1.78. The molecule has 2 atom stereocenters. The lowest BCUT2D eigenvalue weighted by atomic mass is 9.89. The molecule has 2 heterocycles. The van der Waals surface area contributed by atoms with Gasteiger partial charge in [0.1, 0.15) is 0 Å². The van der Waals surface area contributed by atoms with Crippen molar-refractivity contribution in [3.05, 3.63) is 29.8 Å². The van der Waals surface area contributed by atoms with Crippen LogP contribution in [-0.2, 0) is 19.4 Å². The number of hydrogen-bond donors (Lipinski definition) is 2. The van der Waals surface area contributed by atoms with Crippen molar-refractivity contribution in [2.24, 2.45) is 0 Å². The molecule has 0 unspecified atom stereocenters. The maximum Gasteiger partial charge on any atom is 0.228 e. The zero-order valence-corrected chi connectivity index (χ0v) is 12.2. The van der Waals surface area contributed by atoms with E-state index in [0.717, 1.165) is 5.56 Å². The lowest BCUT2D eigenvalue weighted by Gasteiger charge is -2.25. The van der Waals surface area contributed by atoms with Crippen molar-refractivity contribution in [1.29, 1.82) is 0 Å². The summed E-state index contributed by atoms with van der Waals surface area (Å²) in [5.41, 5.74) is 1.42. The number of benzene rings is 1. The summed E-state index contributed by atoms with van der Waals surface area (Å²) in [5.74, 6) is -0.940. The van der Waals surface area contributed by atoms with Crippen molar-refractivity contribution < 1.29 is 18.0 Å². The first-order chi connectivity index (χ1) is 9.94. The summed E-state index contributed by atoms with van der Waals surface area (Å²) in [5, 5.41) is 5.50. The molecular formula is C14H16N2O4S. The van der Waals surface area contributed by atoms with Crippen LogP contribution in [0.25, 0.3) is 0 Å². The van der Waals surface area contributed by atoms with Crippen molar-refractivity contribution in [2.75, 3.05) is 16.8 Å². The average molecular weight is 308 g/mol. The number of carbonyl (C=O) groups excluding carboxylic acids is 2. The number of fused-ring (bicyclic) bond motifs is 1. The second-order valence-electron chi connectivity index (χ2n) is 5.50. The Morgan fingerprint density at radius 2 is 2.05 bits per heavy atom. The summed E-state index contributed by atoms with van der Waals surface area (Å²) in [6, 6.07) is 6.83. The van der Waals surface area contributed by atoms with E-state index in [9.17, 15) is 18.0 Å². The maximum atomic E-state index is 12.4. The van der Waals surface area contributed by atoms with E-state index >= 15 is 0 Å². The summed E-state index contributed by atoms with van der Waals surface area (Å²) in [7, 11) is -3.04. The fraction of sp³-hybridized carbons (Fsp3) is 0.429. The molecule has 0 spiro atoms. The number of amides is 2. The summed E-state index contributed by atoms with van der Waals surface area (Å²) in [6.45, 7) is 0. The first-order valence-electron chi connectivity index (χ1n) is 6.84. The van der Waals surface area contributed by atoms with Gasteiger partial charge in [-0.2, -0.15) is 0 Å². The predicted octanol–water partition coefficient (Wildman–Crippen LogP) is 0.416. The Hall–Kier alpha value is -1.89. The standard InChI is InChI=1S/C14H16N2O4S/c17-13-7-11(10-3-1-2-4-12(10)16-13)14(18)15-9-5-6-21(19,20)8-9/h1-4,9,11H,5-8H2,(H,15,18)(H,16,17)/t9-,11+/m1/s1. The minimum Gasteiger partial charge on any atom is -0.352 e. The molecule has 2 aliphatic heterocycles. The van der Waals surface area contributed by atoms with E-state index in [1.807, 2.05) is 12.1 Å². The number of nitrogens with one attached hydrogen (secondary N) is 2. The Morgan fingerprint density at radius 3 is 2.76 bits per heavy atom. The van der Waals surface area contributed by atoms with Crippen LogP contribution in [0.2, 0.25) is 0 Å². The average Bonchev–Trinajstić information content (AvgIpc) is 2.76. The molecule has 1 aromatic carbocycles. The normalized spacial score (nSPS) is 26.8. The third-order valence-electron chi connectivity index (χ3n) is 3.90. The lowest BCUT2D eigenvalue weighted by Crippen LogP contribution is -2.41. The fourth-order valence-corrected chi connectivity index (χ4v) is 4.53. The lowest BCUT2D eigenvalue weighted by molar-refractivity contribution is -0.126. The van der Waals surface area contributed by atoms with Gasteiger partial charge in [-0.25, -0.2) is 8.42 Å². The predicted molar refractivity (Wildman–Crippen MR) is 77.6 cm³/mol. The molecule has 3 rings (SSSR count). The van der Waals surface area contributed by atoms with Gasteiger partial charge in [0.15, 0.2) is 9.84 Å². The highest BCUT2D eigenvalue weighted by Crippen LogP contribution is 2.32. The van der Waals surface area contributed by atoms with Crippen LogP contribution in [0.5, 0.6) is 0 Å². The van der Waals surface area contributed by atoms with Gasteiger partial charge in [0.2, 0.25) is 11.8 Å². The Labute approximate surface area is 122 Å². The monoisotopic (exact) mass is 308 g/mol. The number of para-hydroxylation sites is 1. The van der Waals surface area contributed by atoms with Crippen LogP contribution >= 0.6 is 0 Å². The molecule has 6 nitrogen and oxygen atoms in total. The highest BCUT2D eigenvalue weighted by molar-refractivity contribution is 7.91. The molecule has 0 aliphatic carbocycles. The molecule has 2 aliphatic rings. The number of sulfone groups is 1. The molecule has 2 N–H and O–H groups in total. The van der Waals surface area contributed by atoms with Gasteiger partial charge in [0.05, 0.1) is 17.4 Å². The highest BCUT2D eigenvalue weighted by Gasteiger charge is 2.34. The summed E-state index contributed by atoms with van der Waals surface area (Å²) in [6.07, 6.45) is 0.525. The third-order valence-corrected chi connectivity index (χ3v) is 5.66. The van der Waals surface area contributed by atoms with Crippen molar-refractivity contribution in [1.82, 2.24) is 5.32 Å². The minimum absolute atomic E-state index is 0.0146. The molecule has 21 heavy (non-hydrogen) atoms. The minimum atomic E-state index is -3.04. The van der Waals surface area contributed by atoms with Gasteiger partial charge in [-0.1, -0.05) is 18.2 Å². The van der Waals surface area contributed by atoms with E-state index in [0.29, 0.717) is 12.1 Å². The molecule has 7 heteroatoms. The third kappa shape index (κ3) is 2.92. The van der Waals surface area contributed by atoms with Crippen molar-refractivity contribution in [2.45, 2.75) is 24.8 Å². The second-order valence-corrected chi connectivity index (χ2v) is 7.73. The van der Waals surface area contributed by atoms with E-state index in [2.05, 4.69) is 10.6 Å². The van der Waals surface area contributed by atoms with Gasteiger partial charge < -0.3 is 10.6 Å². The van der Waals surface area contributed by atoms with Crippen molar-refractivity contribution in [3.8, 4) is 0 Å². The van der Waals surface area contributed by atoms with Crippen LogP contribution in [0.15, 0.2) is 24.3 Å². The molecule has 0 aromatic heterocycles. The van der Waals surface area contributed by atoms with Gasteiger partial charge in [-0.05, 0) is 18.1 Å². The molecule has 0 bridgehead atoms. The van der Waals surface area contributed by atoms with Crippen molar-refractivity contribution in [3.63, 3.8) is 0 Å². The van der Waals surface area contributed by atoms with E-state index in [4.69, 9.17) is 0 Å². The molecule has 112 valence electrons. The van der Waals surface area contributed by atoms with Crippen LogP contribution in [0, 0.1) is 0 Å². The largest absolute Gasteiger partial charge is 0.352 e. The van der Waals surface area contributed by atoms with E-state index in [1.165, 1.54) is 0 Å². The molecule has 1 fully saturated rings. The molecule has 2 amide bonds. The number of rotatable bonds is 2. The summed E-state index contributed by atoms with van der Waals surface area (Å²) in [4.78, 5) is 24.1. The SMILES string of the molecule is O=C1C[C@H](C(=O)N[C@@H]2CCS(=O)(=O)C2)c2ccccc2N1. The first kappa shape index (κ1) is 14.1. The molecular weight excluding hydrogens is 292 g/mol. The van der Waals surface area contributed by atoms with E-state index < -0.39 is 15.8 Å². The molecule has 1 aromatic rings. The summed E-state index contributed by atoms with van der Waals surface area (Å²) >= 11 is 0. The second kappa shape index (κ2) is 5.14. The van der Waals surface area contributed by atoms with Crippen LogP contribution in [0.4, 0.5) is 5.69 Å². The fourth-order valence-electron chi connectivity index (χ4n) is 2.86. The quantitative estimate of drug-likeness (QED) is 0.828. The van der Waals surface area contributed by atoms with Gasteiger partial charge in [-0.3, -0.25) is 9.59 Å². The Kier molecular flexibility index (Phi) is 3.44. The first-order valence-corrected chi connectivity index (χ1v) is 8.66. The Bertz CT molecular complexity index is 699. The van der Waals surface area contributed by atoms with Gasteiger partial charge >= 0.3 is 0 Å². The number of anilines is 1. The van der Waals surface area contributed by atoms with E-state index in [-0.39, 0.29) is 35.8 Å². The van der Waals surface area contributed by atoms with Crippen LogP contribution in [0.3, 0.4) is 0 Å². The van der Waals surface area contributed by atoms with Crippen LogP contribution < -0.4 is 10.6 Å². The van der Waals surface area contributed by atoms with Gasteiger partial charge in [-0.15, -0.1) is 0 Å². The zero-order valence-electron chi connectivity index (χ0n) is 11.3. The van der Waals surface area contributed by atoms with Gasteiger partial charge in [0.25, 0.3) is 0 Å². The molecule has 0 radical (unpaired) electrons. The Morgan fingerprint density at radius 1 is 1.29 bits per heavy atom. The zero-order chi connectivity index (χ0) is 15.0. The molecule has 0 saturated carbocycles. The summed E-state index contributed by atoms with van der Waals surface area (Å²) < 4.78 is 22.9. The van der Waals surface area contributed by atoms with Gasteiger partial charge in [0, 0.05) is 18.2 Å². The van der Waals surface area contributed by atoms with Crippen LogP contribution in [-0.4, -0.2) is 37.8 Å². The highest BCUT2D eigenvalue weighted by atomic mass is 32.2. The van der Waals surface area contributed by atoms with E-state index in [1.54, 1.807) is 12.1 Å². The smallest absolute Gasteiger partial charge is 0.228 e. The van der Waals surface area contributed by atoms with Crippen LogP contribution in [0.1, 0.15) is 24.3 Å². The number of hydrogen-bond acceptors (Lipinski definition) is 4. The topological polar surface area (TPSA) is 92.3 Å². The van der Waals surface area contributed by atoms with Crippen molar-refractivity contribution >= 4 is 27.3 Å².